The summed E-state index contributed by atoms with van der Waals surface area (Å²) in [5.74, 6) is 0.691. The standard InChI is InChI=1S/C11H22N2O2/c1-9-4-3-6-13(8-9)11(14)10(12)5-7-15-2/h9-10H,3-8,12H2,1-2H3. The van der Waals surface area contributed by atoms with E-state index in [9.17, 15) is 4.79 Å². The Morgan fingerprint density at radius 2 is 2.40 bits per heavy atom. The average molecular weight is 214 g/mol. The van der Waals surface area contributed by atoms with E-state index in [0.717, 1.165) is 19.5 Å². The van der Waals surface area contributed by atoms with Crippen LogP contribution in [0.3, 0.4) is 0 Å². The zero-order valence-corrected chi connectivity index (χ0v) is 9.74. The molecule has 1 fully saturated rings. The third kappa shape index (κ3) is 3.80. The Labute approximate surface area is 91.8 Å². The highest BCUT2D eigenvalue weighted by Gasteiger charge is 2.24. The van der Waals surface area contributed by atoms with Crippen molar-refractivity contribution in [2.75, 3.05) is 26.8 Å². The SMILES string of the molecule is COCCC(N)C(=O)N1CCCC(C)C1. The van der Waals surface area contributed by atoms with Gasteiger partial charge in [-0.25, -0.2) is 0 Å². The minimum Gasteiger partial charge on any atom is -0.385 e. The first-order valence-electron chi connectivity index (χ1n) is 5.68. The Bertz CT molecular complexity index is 209. The fourth-order valence-corrected chi connectivity index (χ4v) is 1.99. The molecule has 15 heavy (non-hydrogen) atoms. The van der Waals surface area contributed by atoms with Crippen molar-refractivity contribution in [3.63, 3.8) is 0 Å². The lowest BCUT2D eigenvalue weighted by atomic mass is 9.99. The molecule has 1 aliphatic heterocycles. The van der Waals surface area contributed by atoms with Crippen molar-refractivity contribution in [2.24, 2.45) is 11.7 Å². The maximum Gasteiger partial charge on any atom is 0.239 e. The lowest BCUT2D eigenvalue weighted by Crippen LogP contribution is -2.48. The number of nitrogens with two attached hydrogens (primary N) is 1. The normalized spacial score (nSPS) is 23.9. The summed E-state index contributed by atoms with van der Waals surface area (Å²) in [5.41, 5.74) is 5.81. The minimum absolute atomic E-state index is 0.0820. The topological polar surface area (TPSA) is 55.6 Å². The summed E-state index contributed by atoms with van der Waals surface area (Å²) < 4.78 is 4.92. The zero-order chi connectivity index (χ0) is 11.3. The van der Waals surface area contributed by atoms with Crippen LogP contribution < -0.4 is 5.73 Å². The summed E-state index contributed by atoms with van der Waals surface area (Å²) in [6, 6.07) is -0.393. The van der Waals surface area contributed by atoms with Gasteiger partial charge < -0.3 is 15.4 Å². The summed E-state index contributed by atoms with van der Waals surface area (Å²) in [7, 11) is 1.63. The summed E-state index contributed by atoms with van der Waals surface area (Å²) in [5, 5.41) is 0. The minimum atomic E-state index is -0.393. The van der Waals surface area contributed by atoms with Crippen LogP contribution in [0.4, 0.5) is 0 Å². The van der Waals surface area contributed by atoms with E-state index in [0.29, 0.717) is 18.9 Å². The van der Waals surface area contributed by atoms with Gasteiger partial charge in [0.05, 0.1) is 6.04 Å². The van der Waals surface area contributed by atoms with E-state index in [4.69, 9.17) is 10.5 Å². The van der Waals surface area contributed by atoms with Crippen molar-refractivity contribution in [2.45, 2.75) is 32.2 Å². The second-order valence-electron chi connectivity index (χ2n) is 4.42. The second-order valence-corrected chi connectivity index (χ2v) is 4.42. The Hall–Kier alpha value is -0.610. The first kappa shape index (κ1) is 12.5. The van der Waals surface area contributed by atoms with E-state index in [1.54, 1.807) is 7.11 Å². The molecule has 4 nitrogen and oxygen atoms in total. The van der Waals surface area contributed by atoms with Gasteiger partial charge in [-0.2, -0.15) is 0 Å². The Kier molecular flexibility index (Phi) is 5.05. The van der Waals surface area contributed by atoms with Crippen molar-refractivity contribution < 1.29 is 9.53 Å². The molecule has 1 saturated heterocycles. The van der Waals surface area contributed by atoms with Gasteiger partial charge in [0.25, 0.3) is 0 Å². The molecule has 0 saturated carbocycles. The lowest BCUT2D eigenvalue weighted by Gasteiger charge is -2.32. The van der Waals surface area contributed by atoms with Crippen LogP contribution in [-0.2, 0) is 9.53 Å². The van der Waals surface area contributed by atoms with Crippen LogP contribution in [0.5, 0.6) is 0 Å². The number of nitrogens with zero attached hydrogens (tertiary/aromatic N) is 1. The molecule has 2 unspecified atom stereocenters. The molecule has 0 radical (unpaired) electrons. The molecular formula is C11H22N2O2. The van der Waals surface area contributed by atoms with Crippen LogP contribution in [-0.4, -0.2) is 43.7 Å². The summed E-state index contributed by atoms with van der Waals surface area (Å²) in [6.07, 6.45) is 2.93. The van der Waals surface area contributed by atoms with Crippen LogP contribution in [0.2, 0.25) is 0 Å². The lowest BCUT2D eigenvalue weighted by molar-refractivity contribution is -0.134. The quantitative estimate of drug-likeness (QED) is 0.746. The molecule has 0 aliphatic carbocycles. The monoisotopic (exact) mass is 214 g/mol. The highest BCUT2D eigenvalue weighted by Crippen LogP contribution is 2.16. The first-order chi connectivity index (χ1) is 7.15. The maximum absolute atomic E-state index is 11.9. The van der Waals surface area contributed by atoms with Gasteiger partial charge in [-0.15, -0.1) is 0 Å². The number of hydrogen-bond donors (Lipinski definition) is 1. The molecule has 2 N–H and O–H groups in total. The Morgan fingerprint density at radius 3 is 3.00 bits per heavy atom. The predicted molar refractivity (Wildman–Crippen MR) is 59.4 cm³/mol. The summed E-state index contributed by atoms with van der Waals surface area (Å²) in [4.78, 5) is 13.8. The van der Waals surface area contributed by atoms with Gasteiger partial charge in [-0.1, -0.05) is 6.92 Å². The van der Waals surface area contributed by atoms with Crippen LogP contribution >= 0.6 is 0 Å². The number of likely N-dealkylation sites (tertiary alicyclic amines) is 1. The molecule has 1 amide bonds. The van der Waals surface area contributed by atoms with Gasteiger partial charge in [0.1, 0.15) is 0 Å². The van der Waals surface area contributed by atoms with E-state index >= 15 is 0 Å². The van der Waals surface area contributed by atoms with Crippen LogP contribution in [0.1, 0.15) is 26.2 Å². The van der Waals surface area contributed by atoms with E-state index < -0.39 is 6.04 Å². The molecule has 0 aromatic carbocycles. The van der Waals surface area contributed by atoms with Crippen molar-refractivity contribution in [1.29, 1.82) is 0 Å². The fourth-order valence-electron chi connectivity index (χ4n) is 1.99. The number of methoxy groups -OCH3 is 1. The van der Waals surface area contributed by atoms with Gasteiger partial charge in [0.15, 0.2) is 0 Å². The van der Waals surface area contributed by atoms with Gasteiger partial charge in [-0.3, -0.25) is 4.79 Å². The molecule has 0 bridgehead atoms. The van der Waals surface area contributed by atoms with Gasteiger partial charge in [-0.05, 0) is 25.2 Å². The Morgan fingerprint density at radius 1 is 1.67 bits per heavy atom. The van der Waals surface area contributed by atoms with E-state index in [2.05, 4.69) is 6.92 Å². The van der Waals surface area contributed by atoms with E-state index in [1.807, 2.05) is 4.90 Å². The molecule has 1 rings (SSSR count). The molecule has 1 heterocycles. The van der Waals surface area contributed by atoms with Crippen molar-refractivity contribution in [3.05, 3.63) is 0 Å². The smallest absolute Gasteiger partial charge is 0.239 e. The van der Waals surface area contributed by atoms with Gasteiger partial charge in [0.2, 0.25) is 5.91 Å². The molecular weight excluding hydrogens is 192 g/mol. The van der Waals surface area contributed by atoms with E-state index in [-0.39, 0.29) is 5.91 Å². The Balaban J connectivity index is 2.37. The van der Waals surface area contributed by atoms with Crippen molar-refractivity contribution in [3.8, 4) is 0 Å². The number of piperidine rings is 1. The zero-order valence-electron chi connectivity index (χ0n) is 9.74. The van der Waals surface area contributed by atoms with Crippen LogP contribution in [0, 0.1) is 5.92 Å². The van der Waals surface area contributed by atoms with E-state index in [1.165, 1.54) is 6.42 Å². The molecule has 0 spiro atoms. The largest absolute Gasteiger partial charge is 0.385 e. The number of amides is 1. The third-order valence-corrected chi connectivity index (χ3v) is 2.92. The molecule has 1 aliphatic rings. The van der Waals surface area contributed by atoms with Gasteiger partial charge in [0, 0.05) is 26.8 Å². The molecule has 88 valence electrons. The van der Waals surface area contributed by atoms with Gasteiger partial charge >= 0.3 is 0 Å². The molecule has 2 atom stereocenters. The molecule has 0 aromatic rings. The molecule has 0 aromatic heterocycles. The van der Waals surface area contributed by atoms with Crippen LogP contribution in [0.25, 0.3) is 0 Å². The second kappa shape index (κ2) is 6.08. The van der Waals surface area contributed by atoms with Crippen LogP contribution in [0.15, 0.2) is 0 Å². The maximum atomic E-state index is 11.9. The number of hydrogen-bond acceptors (Lipinski definition) is 3. The number of carbonyl (C=O) groups is 1. The summed E-state index contributed by atoms with van der Waals surface area (Å²) in [6.45, 7) is 4.46. The highest BCUT2D eigenvalue weighted by atomic mass is 16.5. The van der Waals surface area contributed by atoms with Crippen molar-refractivity contribution in [1.82, 2.24) is 4.90 Å². The number of ether oxygens (including phenoxy) is 1. The third-order valence-electron chi connectivity index (χ3n) is 2.92. The number of carbonyl (C=O) groups excluding carboxylic acids is 1. The predicted octanol–water partition coefficient (Wildman–Crippen LogP) is 0.609. The molecule has 4 heteroatoms. The average Bonchev–Trinajstić information content (AvgIpc) is 2.24. The highest BCUT2D eigenvalue weighted by molar-refractivity contribution is 5.81. The fraction of sp³-hybridized carbons (Fsp3) is 0.909. The summed E-state index contributed by atoms with van der Waals surface area (Å²) >= 11 is 0. The first-order valence-corrected chi connectivity index (χ1v) is 5.68. The number of rotatable bonds is 4. The van der Waals surface area contributed by atoms with Crippen molar-refractivity contribution >= 4 is 5.91 Å².